The summed E-state index contributed by atoms with van der Waals surface area (Å²) in [5.41, 5.74) is 7.23. The summed E-state index contributed by atoms with van der Waals surface area (Å²) in [5, 5.41) is 11.0. The maximum Gasteiger partial charge on any atom is 0.278 e. The molecule has 0 aromatic heterocycles. The normalized spacial score (nSPS) is 14.3. The number of nitrogens with zero attached hydrogens (tertiary/aromatic N) is 1. The Morgan fingerprint density at radius 2 is 2.17 bits per heavy atom. The van der Waals surface area contributed by atoms with Crippen molar-refractivity contribution in [1.29, 1.82) is 0 Å². The van der Waals surface area contributed by atoms with E-state index in [0.717, 1.165) is 5.57 Å². The zero-order valence-electron chi connectivity index (χ0n) is 10.0. The number of fused-ring (bicyclic) bond motifs is 1. The highest BCUT2D eigenvalue weighted by molar-refractivity contribution is 5.56. The van der Waals surface area contributed by atoms with Crippen LogP contribution in [0.15, 0.2) is 24.3 Å². The van der Waals surface area contributed by atoms with Crippen LogP contribution in [0.1, 0.15) is 24.9 Å². The van der Waals surface area contributed by atoms with Crippen LogP contribution in [-0.2, 0) is 0 Å². The molecule has 1 aromatic carbocycles. The Kier molecular flexibility index (Phi) is 3.20. The van der Waals surface area contributed by atoms with E-state index in [1.54, 1.807) is 6.07 Å². The van der Waals surface area contributed by atoms with E-state index in [0.29, 0.717) is 23.5 Å². The van der Waals surface area contributed by atoms with Gasteiger partial charge in [-0.3, -0.25) is 10.1 Å². The number of nitro groups is 1. The first-order valence-corrected chi connectivity index (χ1v) is 5.47. The van der Waals surface area contributed by atoms with E-state index in [9.17, 15) is 10.1 Å². The molecule has 1 atom stereocenters. The minimum Gasteiger partial charge on any atom is -0.454 e. The van der Waals surface area contributed by atoms with Gasteiger partial charge in [-0.25, -0.2) is 0 Å². The summed E-state index contributed by atoms with van der Waals surface area (Å²) in [6.07, 6.45) is 0.487. The van der Waals surface area contributed by atoms with Gasteiger partial charge in [0.25, 0.3) is 5.69 Å². The van der Waals surface area contributed by atoms with E-state index in [2.05, 4.69) is 6.58 Å². The van der Waals surface area contributed by atoms with Crippen molar-refractivity contribution >= 4 is 5.69 Å². The van der Waals surface area contributed by atoms with Gasteiger partial charge in [-0.2, -0.15) is 0 Å². The predicted octanol–water partition coefficient (Wildman–Crippen LogP) is 2.29. The number of nitrogens with two attached hydrogens (primary N) is 1. The Hall–Kier alpha value is -2.08. The number of ether oxygens (including phenoxy) is 2. The fourth-order valence-corrected chi connectivity index (χ4v) is 1.89. The van der Waals surface area contributed by atoms with E-state index < -0.39 is 11.0 Å². The van der Waals surface area contributed by atoms with Crippen LogP contribution in [0.2, 0.25) is 0 Å². The molecule has 96 valence electrons. The van der Waals surface area contributed by atoms with Gasteiger partial charge in [0.15, 0.2) is 11.5 Å². The van der Waals surface area contributed by atoms with Crippen LogP contribution in [0.4, 0.5) is 5.69 Å². The van der Waals surface area contributed by atoms with E-state index in [4.69, 9.17) is 15.2 Å². The largest absolute Gasteiger partial charge is 0.454 e. The molecule has 0 saturated heterocycles. The van der Waals surface area contributed by atoms with E-state index >= 15 is 0 Å². The molecule has 6 nitrogen and oxygen atoms in total. The smallest absolute Gasteiger partial charge is 0.278 e. The minimum atomic E-state index is -0.475. The van der Waals surface area contributed by atoms with Crippen LogP contribution in [0.5, 0.6) is 11.5 Å². The summed E-state index contributed by atoms with van der Waals surface area (Å²) in [5.74, 6) is 0.876. The van der Waals surface area contributed by atoms with Gasteiger partial charge in [-0.05, 0) is 19.4 Å². The maximum atomic E-state index is 11.0. The van der Waals surface area contributed by atoms with Crippen LogP contribution >= 0.6 is 0 Å². The lowest BCUT2D eigenvalue weighted by Crippen LogP contribution is -2.12. The van der Waals surface area contributed by atoms with Gasteiger partial charge in [0.1, 0.15) is 0 Å². The maximum absolute atomic E-state index is 11.0. The first-order valence-electron chi connectivity index (χ1n) is 5.47. The van der Waals surface area contributed by atoms with Gasteiger partial charge in [0, 0.05) is 6.04 Å². The highest BCUT2D eigenvalue weighted by Crippen LogP contribution is 2.40. The van der Waals surface area contributed by atoms with Crippen molar-refractivity contribution in [1.82, 2.24) is 0 Å². The minimum absolute atomic E-state index is 0.0481. The number of nitro benzene ring substituents is 1. The molecule has 0 saturated carbocycles. The summed E-state index contributed by atoms with van der Waals surface area (Å²) < 4.78 is 10.3. The highest BCUT2D eigenvalue weighted by Gasteiger charge is 2.26. The lowest BCUT2D eigenvalue weighted by molar-refractivity contribution is -0.385. The number of hydrogen-bond donors (Lipinski definition) is 1. The van der Waals surface area contributed by atoms with Crippen molar-refractivity contribution in [2.45, 2.75) is 19.4 Å². The molecule has 18 heavy (non-hydrogen) atoms. The van der Waals surface area contributed by atoms with Gasteiger partial charge >= 0.3 is 0 Å². The molecule has 0 aliphatic carbocycles. The molecular weight excluding hydrogens is 236 g/mol. The average Bonchev–Trinajstić information content (AvgIpc) is 2.72. The molecule has 1 aliphatic rings. The Labute approximate surface area is 104 Å². The van der Waals surface area contributed by atoms with Crippen LogP contribution in [0.3, 0.4) is 0 Å². The fraction of sp³-hybridized carbons (Fsp3) is 0.333. The molecule has 0 fully saturated rings. The number of rotatable bonds is 4. The summed E-state index contributed by atoms with van der Waals surface area (Å²) in [6.45, 7) is 5.67. The lowest BCUT2D eigenvalue weighted by atomic mass is 9.99. The zero-order chi connectivity index (χ0) is 13.3. The summed E-state index contributed by atoms with van der Waals surface area (Å²) in [7, 11) is 0. The number of hydrogen-bond acceptors (Lipinski definition) is 5. The molecule has 0 unspecified atom stereocenters. The Morgan fingerprint density at radius 1 is 1.56 bits per heavy atom. The second-order valence-electron chi connectivity index (χ2n) is 4.29. The molecule has 2 N–H and O–H groups in total. The molecule has 0 bridgehead atoms. The van der Waals surface area contributed by atoms with Crippen molar-refractivity contribution in [3.05, 3.63) is 40.0 Å². The Morgan fingerprint density at radius 3 is 2.72 bits per heavy atom. The molecule has 0 amide bonds. The average molecular weight is 250 g/mol. The third kappa shape index (κ3) is 2.28. The Balaban J connectivity index is 2.44. The topological polar surface area (TPSA) is 87.6 Å². The molecule has 1 heterocycles. The fourth-order valence-electron chi connectivity index (χ4n) is 1.89. The first-order chi connectivity index (χ1) is 8.49. The van der Waals surface area contributed by atoms with Crippen LogP contribution in [0, 0.1) is 10.1 Å². The molecule has 1 aliphatic heterocycles. The molecule has 2 rings (SSSR count). The van der Waals surface area contributed by atoms with Crippen molar-refractivity contribution in [3.8, 4) is 11.5 Å². The third-order valence-corrected chi connectivity index (χ3v) is 2.69. The second-order valence-corrected chi connectivity index (χ2v) is 4.29. The molecule has 6 heteroatoms. The quantitative estimate of drug-likeness (QED) is 0.503. The van der Waals surface area contributed by atoms with Crippen LogP contribution < -0.4 is 15.2 Å². The van der Waals surface area contributed by atoms with Gasteiger partial charge in [0.2, 0.25) is 6.79 Å². The molecular formula is C12H14N2O4. The third-order valence-electron chi connectivity index (χ3n) is 2.69. The molecule has 1 aromatic rings. The zero-order valence-corrected chi connectivity index (χ0v) is 10.0. The first kappa shape index (κ1) is 12.4. The SMILES string of the molecule is C=C(C)C[C@@H](N)c1cc2c(cc1[N+](=O)[O-])OCO2. The van der Waals surface area contributed by atoms with Gasteiger partial charge in [-0.15, -0.1) is 6.58 Å². The lowest BCUT2D eigenvalue weighted by Gasteiger charge is -2.12. The van der Waals surface area contributed by atoms with Crippen molar-refractivity contribution in [2.24, 2.45) is 5.73 Å². The number of benzene rings is 1. The summed E-state index contributed by atoms with van der Waals surface area (Å²) in [4.78, 5) is 10.6. The summed E-state index contributed by atoms with van der Waals surface area (Å²) >= 11 is 0. The highest BCUT2D eigenvalue weighted by atomic mass is 16.7. The van der Waals surface area contributed by atoms with E-state index in [1.165, 1.54) is 6.07 Å². The molecule has 0 spiro atoms. The van der Waals surface area contributed by atoms with Crippen molar-refractivity contribution in [2.75, 3.05) is 6.79 Å². The second kappa shape index (κ2) is 4.66. The predicted molar refractivity (Wildman–Crippen MR) is 65.6 cm³/mol. The Bertz CT molecular complexity index is 513. The van der Waals surface area contributed by atoms with Crippen molar-refractivity contribution < 1.29 is 14.4 Å². The monoisotopic (exact) mass is 250 g/mol. The van der Waals surface area contributed by atoms with Crippen molar-refractivity contribution in [3.63, 3.8) is 0 Å². The van der Waals surface area contributed by atoms with Gasteiger partial charge in [0.05, 0.1) is 16.6 Å². The van der Waals surface area contributed by atoms with E-state index in [1.807, 2.05) is 6.92 Å². The van der Waals surface area contributed by atoms with Crippen LogP contribution in [-0.4, -0.2) is 11.7 Å². The van der Waals surface area contributed by atoms with E-state index in [-0.39, 0.29) is 12.5 Å². The van der Waals surface area contributed by atoms with Crippen LogP contribution in [0.25, 0.3) is 0 Å². The van der Waals surface area contributed by atoms with Gasteiger partial charge in [-0.1, -0.05) is 5.57 Å². The molecule has 0 radical (unpaired) electrons. The summed E-state index contributed by atoms with van der Waals surface area (Å²) in [6, 6.07) is 2.46. The standard InChI is InChI=1S/C12H14N2O4/c1-7(2)3-9(13)8-4-11-12(18-6-17-11)5-10(8)14(15)16/h4-5,9H,1,3,6,13H2,2H3/t9-/m1/s1. The van der Waals surface area contributed by atoms with Gasteiger partial charge < -0.3 is 15.2 Å².